The van der Waals surface area contributed by atoms with Crippen molar-refractivity contribution >= 4 is 0 Å². The molecule has 0 saturated heterocycles. The first kappa shape index (κ1) is 3.92. The van der Waals surface area contributed by atoms with E-state index in [-0.39, 0.29) is 0 Å². The standard InChI is InChI=1S/C8H12/c1-5-4-7-6-2-3-8(5,6)7/h5-7H,2-4H2,1H3. The summed E-state index contributed by atoms with van der Waals surface area (Å²) in [5.74, 6) is 3.58. The highest BCUT2D eigenvalue weighted by Crippen LogP contribution is 2.85. The van der Waals surface area contributed by atoms with Crippen LogP contribution in [0.2, 0.25) is 0 Å². The molecule has 1 spiro atoms. The first-order valence-corrected chi connectivity index (χ1v) is 3.86. The van der Waals surface area contributed by atoms with Gasteiger partial charge in [-0.3, -0.25) is 0 Å². The van der Waals surface area contributed by atoms with E-state index in [1.54, 1.807) is 19.3 Å². The van der Waals surface area contributed by atoms with Gasteiger partial charge in [0, 0.05) is 0 Å². The van der Waals surface area contributed by atoms with Crippen LogP contribution < -0.4 is 0 Å². The summed E-state index contributed by atoms with van der Waals surface area (Å²) in [5, 5.41) is 0. The summed E-state index contributed by atoms with van der Waals surface area (Å²) < 4.78 is 0. The quantitative estimate of drug-likeness (QED) is 0.445. The average Bonchev–Trinajstić information content (AvgIpc) is 1.96. The Morgan fingerprint density at radius 2 is 2.25 bits per heavy atom. The zero-order valence-corrected chi connectivity index (χ0v) is 5.35. The second kappa shape index (κ2) is 0.778. The third kappa shape index (κ3) is 0.167. The van der Waals surface area contributed by atoms with Crippen LogP contribution >= 0.6 is 0 Å². The lowest BCUT2D eigenvalue weighted by molar-refractivity contribution is 0.122. The highest BCUT2D eigenvalue weighted by Gasteiger charge is 2.78. The molecule has 0 aliphatic heterocycles. The maximum absolute atomic E-state index is 2.44. The lowest BCUT2D eigenvalue weighted by Crippen LogP contribution is -2.29. The van der Waals surface area contributed by atoms with E-state index in [1.807, 2.05) is 0 Å². The van der Waals surface area contributed by atoms with Gasteiger partial charge in [-0.05, 0) is 42.4 Å². The largest absolute Gasteiger partial charge is 0.0619 e. The van der Waals surface area contributed by atoms with E-state index < -0.39 is 0 Å². The van der Waals surface area contributed by atoms with Gasteiger partial charge in [0.05, 0.1) is 0 Å². The van der Waals surface area contributed by atoms with Gasteiger partial charge in [-0.15, -0.1) is 0 Å². The second-order valence-electron chi connectivity index (χ2n) is 4.00. The van der Waals surface area contributed by atoms with Gasteiger partial charge in [-0.2, -0.15) is 0 Å². The van der Waals surface area contributed by atoms with E-state index in [0.717, 1.165) is 11.3 Å². The van der Waals surface area contributed by atoms with Gasteiger partial charge in [0.15, 0.2) is 0 Å². The maximum atomic E-state index is 2.44. The predicted molar refractivity (Wildman–Crippen MR) is 32.4 cm³/mol. The molecule has 0 nitrogen and oxygen atoms in total. The lowest BCUT2D eigenvalue weighted by atomic mass is 9.68. The monoisotopic (exact) mass is 108 g/mol. The Morgan fingerprint density at radius 1 is 1.38 bits per heavy atom. The van der Waals surface area contributed by atoms with Crippen molar-refractivity contribution in [2.75, 3.05) is 0 Å². The predicted octanol–water partition coefficient (Wildman–Crippen LogP) is 2.05. The van der Waals surface area contributed by atoms with Crippen LogP contribution in [0.15, 0.2) is 0 Å². The number of fused-ring (bicyclic) bond motifs is 1. The fourth-order valence-electron chi connectivity index (χ4n) is 3.46. The first-order chi connectivity index (χ1) is 3.86. The topological polar surface area (TPSA) is 0 Å². The molecule has 3 saturated carbocycles. The minimum absolute atomic E-state index is 0.986. The van der Waals surface area contributed by atoms with Crippen LogP contribution in [0.4, 0.5) is 0 Å². The van der Waals surface area contributed by atoms with E-state index in [4.69, 9.17) is 0 Å². The Labute approximate surface area is 50.3 Å². The van der Waals surface area contributed by atoms with Crippen molar-refractivity contribution in [2.45, 2.75) is 26.2 Å². The highest BCUT2D eigenvalue weighted by atomic mass is 14.8. The minimum atomic E-state index is 0.986. The summed E-state index contributed by atoms with van der Waals surface area (Å²) in [5.41, 5.74) is 0.986. The van der Waals surface area contributed by atoms with Gasteiger partial charge in [-0.25, -0.2) is 0 Å². The van der Waals surface area contributed by atoms with E-state index in [0.29, 0.717) is 0 Å². The van der Waals surface area contributed by atoms with Crippen LogP contribution in [0.5, 0.6) is 0 Å². The molecule has 3 aliphatic rings. The minimum Gasteiger partial charge on any atom is -0.0619 e. The first-order valence-electron chi connectivity index (χ1n) is 3.86. The fraction of sp³-hybridized carbons (Fsp3) is 1.00. The molecular formula is C8H12. The van der Waals surface area contributed by atoms with Crippen LogP contribution in [-0.4, -0.2) is 0 Å². The molecule has 4 atom stereocenters. The summed E-state index contributed by atoms with van der Waals surface area (Å²) >= 11 is 0. The summed E-state index contributed by atoms with van der Waals surface area (Å²) in [6.07, 6.45) is 4.74. The summed E-state index contributed by atoms with van der Waals surface area (Å²) in [6.45, 7) is 2.44. The van der Waals surface area contributed by atoms with E-state index >= 15 is 0 Å². The molecule has 0 aromatic heterocycles. The zero-order valence-electron chi connectivity index (χ0n) is 5.35. The molecule has 0 amide bonds. The van der Waals surface area contributed by atoms with Crippen LogP contribution in [0.3, 0.4) is 0 Å². The second-order valence-corrected chi connectivity index (χ2v) is 4.00. The van der Waals surface area contributed by atoms with Crippen LogP contribution in [0.1, 0.15) is 26.2 Å². The van der Waals surface area contributed by atoms with E-state index in [9.17, 15) is 0 Å². The Kier molecular flexibility index (Phi) is 0.381. The molecule has 0 N–H and O–H groups in total. The van der Waals surface area contributed by atoms with Crippen LogP contribution in [0.25, 0.3) is 0 Å². The number of hydrogen-bond acceptors (Lipinski definition) is 0. The molecule has 0 aromatic carbocycles. The van der Waals surface area contributed by atoms with Crippen molar-refractivity contribution in [2.24, 2.45) is 23.2 Å². The molecule has 0 aromatic rings. The van der Waals surface area contributed by atoms with Crippen molar-refractivity contribution in [3.8, 4) is 0 Å². The van der Waals surface area contributed by atoms with Crippen molar-refractivity contribution < 1.29 is 0 Å². The van der Waals surface area contributed by atoms with Crippen LogP contribution in [0, 0.1) is 23.2 Å². The molecule has 44 valence electrons. The van der Waals surface area contributed by atoms with Gasteiger partial charge in [0.25, 0.3) is 0 Å². The van der Waals surface area contributed by atoms with Gasteiger partial charge in [0.2, 0.25) is 0 Å². The van der Waals surface area contributed by atoms with Crippen molar-refractivity contribution in [3.05, 3.63) is 0 Å². The van der Waals surface area contributed by atoms with E-state index in [1.165, 1.54) is 11.8 Å². The Balaban J connectivity index is 2.01. The molecule has 0 radical (unpaired) electrons. The fourth-order valence-corrected chi connectivity index (χ4v) is 3.46. The maximum Gasteiger partial charge on any atom is -0.0209 e. The Morgan fingerprint density at radius 3 is 2.38 bits per heavy atom. The molecule has 3 fully saturated rings. The third-order valence-corrected chi connectivity index (χ3v) is 4.17. The van der Waals surface area contributed by atoms with Gasteiger partial charge in [0.1, 0.15) is 0 Å². The average molecular weight is 108 g/mol. The highest BCUT2D eigenvalue weighted by molar-refractivity contribution is 5.26. The molecule has 4 unspecified atom stereocenters. The Bertz CT molecular complexity index is 137. The van der Waals surface area contributed by atoms with Gasteiger partial charge in [-0.1, -0.05) is 6.92 Å². The van der Waals surface area contributed by atoms with Crippen molar-refractivity contribution in [3.63, 3.8) is 0 Å². The number of rotatable bonds is 0. The van der Waals surface area contributed by atoms with Gasteiger partial charge < -0.3 is 0 Å². The summed E-state index contributed by atoms with van der Waals surface area (Å²) in [7, 11) is 0. The molecular weight excluding hydrogens is 96.1 g/mol. The van der Waals surface area contributed by atoms with Gasteiger partial charge >= 0.3 is 0 Å². The zero-order chi connectivity index (χ0) is 5.35. The number of hydrogen-bond donors (Lipinski definition) is 0. The van der Waals surface area contributed by atoms with Crippen LogP contribution in [-0.2, 0) is 0 Å². The van der Waals surface area contributed by atoms with E-state index in [2.05, 4.69) is 6.92 Å². The molecule has 0 heteroatoms. The lowest BCUT2D eigenvalue weighted by Gasteiger charge is -2.37. The summed E-state index contributed by atoms with van der Waals surface area (Å²) in [6, 6.07) is 0. The Hall–Kier alpha value is 0. The van der Waals surface area contributed by atoms with Crippen molar-refractivity contribution in [1.29, 1.82) is 0 Å². The normalized spacial score (nSPS) is 73.9. The SMILES string of the molecule is CC1CC2C3CCC132. The van der Waals surface area contributed by atoms with Crippen molar-refractivity contribution in [1.82, 2.24) is 0 Å². The molecule has 8 heavy (non-hydrogen) atoms. The third-order valence-electron chi connectivity index (χ3n) is 4.17. The molecule has 3 aliphatic carbocycles. The smallest absolute Gasteiger partial charge is 0.0209 e. The molecule has 0 bridgehead atoms. The molecule has 0 heterocycles. The summed E-state index contributed by atoms with van der Waals surface area (Å²) in [4.78, 5) is 0. The molecule has 3 rings (SSSR count).